The van der Waals surface area contributed by atoms with E-state index in [1.807, 2.05) is 0 Å². The average Bonchev–Trinajstić information content (AvgIpc) is 3.06. The van der Waals surface area contributed by atoms with Crippen molar-refractivity contribution in [2.45, 2.75) is 108 Å². The quantitative estimate of drug-likeness (QED) is 0.0957. The maximum atomic E-state index is 14.5. The Morgan fingerprint density at radius 1 is 0.262 bits per heavy atom. The van der Waals surface area contributed by atoms with Gasteiger partial charge in [-0.2, -0.15) is 149 Å². The molecule has 0 amide bonds. The number of alkyl halides is 34. The van der Waals surface area contributed by atoms with Gasteiger partial charge in [-0.05, 0) is 17.6 Å². The summed E-state index contributed by atoms with van der Waals surface area (Å²) in [5.41, 5.74) is 0. The van der Waals surface area contributed by atoms with Crippen molar-refractivity contribution < 1.29 is 149 Å². The van der Waals surface area contributed by atoms with Crippen LogP contribution in [-0.2, 0) is 0 Å². The van der Waals surface area contributed by atoms with Crippen molar-refractivity contribution in [3.05, 3.63) is 30.3 Å². The summed E-state index contributed by atoms with van der Waals surface area (Å²) in [5, 5.41) is -1.06. The molecule has 0 bridgehead atoms. The molecule has 0 atom stereocenters. The van der Waals surface area contributed by atoms with E-state index in [2.05, 4.69) is 0 Å². The number of benzene rings is 1. The van der Waals surface area contributed by atoms with Crippen LogP contribution in [0.15, 0.2) is 30.3 Å². The van der Waals surface area contributed by atoms with E-state index in [0.717, 1.165) is 6.07 Å². The van der Waals surface area contributed by atoms with Crippen LogP contribution in [0.5, 0.6) is 0 Å². The van der Waals surface area contributed by atoms with Gasteiger partial charge in [0, 0.05) is 12.8 Å². The Morgan fingerprint density at radius 2 is 0.459 bits per heavy atom. The van der Waals surface area contributed by atoms with Crippen LogP contribution < -0.4 is 5.30 Å². The Morgan fingerprint density at radius 3 is 0.672 bits per heavy atom. The topological polar surface area (TPSA) is 0 Å². The van der Waals surface area contributed by atoms with Crippen LogP contribution in [-0.4, -0.2) is 108 Å². The van der Waals surface area contributed by atoms with E-state index in [4.69, 9.17) is 0 Å². The number of halogens is 34. The third-order valence-electron chi connectivity index (χ3n) is 8.09. The SMILES string of the molecule is FC(F)(F)C(F)(F)C(F)(F)C(F)(F)C(F)(F)C(F)(F)C(F)(F)C(F)(F)CCP(CCC(F)(F)C(F)(F)C(F)(F)C(F)(F)C(F)(F)C(F)(F)C(F)(F)C(F)(F)F)c1ccccc1. The zero-order valence-electron chi connectivity index (χ0n) is 27.5. The highest BCUT2D eigenvalue weighted by atomic mass is 31.1. The molecular weight excluding hydrogens is 989 g/mol. The van der Waals surface area contributed by atoms with Gasteiger partial charge in [0.05, 0.1) is 0 Å². The summed E-state index contributed by atoms with van der Waals surface area (Å²) < 4.78 is 461. The Bertz CT molecular complexity index is 1550. The molecule has 0 aromatic heterocycles. The van der Waals surface area contributed by atoms with Crippen LogP contribution in [0, 0.1) is 0 Å². The summed E-state index contributed by atoms with van der Waals surface area (Å²) >= 11 is 0. The number of hydrogen-bond donors (Lipinski definition) is 0. The second kappa shape index (κ2) is 15.5. The summed E-state index contributed by atoms with van der Waals surface area (Å²) in [6, 6.07) is 2.69. The normalized spacial score (nSPS) is 16.4. The molecule has 0 heterocycles. The van der Waals surface area contributed by atoms with Gasteiger partial charge in [0.25, 0.3) is 0 Å². The fourth-order valence-electron chi connectivity index (χ4n) is 4.27. The second-order valence-corrected chi connectivity index (χ2v) is 14.6. The highest BCUT2D eigenvalue weighted by molar-refractivity contribution is 7.65. The van der Waals surface area contributed by atoms with Crippen LogP contribution in [0.4, 0.5) is 149 Å². The summed E-state index contributed by atoms with van der Waals surface area (Å²) in [6.45, 7) is 0. The molecule has 0 aliphatic heterocycles. The van der Waals surface area contributed by atoms with E-state index in [1.54, 1.807) is 0 Å². The molecule has 0 radical (unpaired) electrons. The Balaban J connectivity index is 3.70. The van der Waals surface area contributed by atoms with E-state index in [9.17, 15) is 149 Å². The molecule has 35 heteroatoms. The van der Waals surface area contributed by atoms with Crippen LogP contribution in [0.25, 0.3) is 0 Å². The summed E-state index contributed by atoms with van der Waals surface area (Å²) in [6.07, 6.45) is -28.1. The van der Waals surface area contributed by atoms with Crippen molar-refractivity contribution in [3.63, 3.8) is 0 Å². The van der Waals surface area contributed by atoms with Crippen molar-refractivity contribution in [2.75, 3.05) is 12.3 Å². The minimum atomic E-state index is -9.10. The number of rotatable bonds is 19. The lowest BCUT2D eigenvalue weighted by Gasteiger charge is -2.43. The minimum Gasteiger partial charge on any atom is -0.200 e. The van der Waals surface area contributed by atoms with Crippen molar-refractivity contribution in [2.24, 2.45) is 0 Å². The highest BCUT2D eigenvalue weighted by Crippen LogP contribution is 2.66. The van der Waals surface area contributed by atoms with Gasteiger partial charge in [0.15, 0.2) is 0 Å². The molecule has 0 saturated carbocycles. The van der Waals surface area contributed by atoms with E-state index in [0.29, 0.717) is 24.3 Å². The first-order chi connectivity index (χ1) is 26.2. The molecule has 1 aromatic rings. The van der Waals surface area contributed by atoms with Gasteiger partial charge >= 0.3 is 95.3 Å². The van der Waals surface area contributed by atoms with Crippen LogP contribution in [0.2, 0.25) is 0 Å². The van der Waals surface area contributed by atoms with Gasteiger partial charge in [0.2, 0.25) is 0 Å². The lowest BCUT2D eigenvalue weighted by Crippen LogP contribution is -2.74. The summed E-state index contributed by atoms with van der Waals surface area (Å²) in [7, 11) is -3.82. The summed E-state index contributed by atoms with van der Waals surface area (Å²) in [4.78, 5) is 0. The van der Waals surface area contributed by atoms with Crippen molar-refractivity contribution >= 4 is 13.2 Å². The molecule has 0 N–H and O–H groups in total. The predicted octanol–water partition coefficient (Wildman–Crippen LogP) is 13.6. The third-order valence-corrected chi connectivity index (χ3v) is 10.6. The van der Waals surface area contributed by atoms with Crippen LogP contribution in [0.1, 0.15) is 12.8 Å². The molecule has 1 aromatic carbocycles. The van der Waals surface area contributed by atoms with Gasteiger partial charge in [-0.25, -0.2) is 0 Å². The van der Waals surface area contributed by atoms with Gasteiger partial charge < -0.3 is 0 Å². The lowest BCUT2D eigenvalue weighted by molar-refractivity contribution is -0.461. The standard InChI is InChI=1S/C26H13F34P/c27-11(28,13(31,32)15(35,36)17(39,40)19(43,44)21(47,48)23(51,52)25(55,56)57)6-8-61(10-4-2-1-3-5-10)9-7-12(29,30)14(33,34)16(37,38)18(41,42)20(45,46)22(49,50)24(53,54)26(58,59)60/h1-5H,6-9H2. The van der Waals surface area contributed by atoms with E-state index >= 15 is 0 Å². The molecular formula is C26H13F34P. The predicted molar refractivity (Wildman–Crippen MR) is 133 cm³/mol. The molecule has 0 aliphatic carbocycles. The first-order valence-corrected chi connectivity index (χ1v) is 16.1. The Hall–Kier alpha value is -2.73. The maximum absolute atomic E-state index is 14.5. The smallest absolute Gasteiger partial charge is 0.200 e. The zero-order chi connectivity index (χ0) is 49.5. The lowest BCUT2D eigenvalue weighted by atomic mass is 9.88. The molecule has 0 unspecified atom stereocenters. The fraction of sp³-hybridized carbons (Fsp3) is 0.769. The second-order valence-electron chi connectivity index (χ2n) is 12.1. The largest absolute Gasteiger partial charge is 0.460 e. The average molecular weight is 1000 g/mol. The number of hydrogen-bond acceptors (Lipinski definition) is 0. The van der Waals surface area contributed by atoms with Gasteiger partial charge in [0.1, 0.15) is 0 Å². The van der Waals surface area contributed by atoms with Gasteiger partial charge in [-0.3, -0.25) is 0 Å². The Labute approximate surface area is 314 Å². The van der Waals surface area contributed by atoms with E-state index in [-0.39, 0.29) is 0 Å². The first kappa shape index (κ1) is 56.3. The molecule has 0 nitrogen and oxygen atoms in total. The third kappa shape index (κ3) is 8.07. The van der Waals surface area contributed by atoms with E-state index < -0.39 is 134 Å². The van der Waals surface area contributed by atoms with Gasteiger partial charge in [-0.1, -0.05) is 38.3 Å². The van der Waals surface area contributed by atoms with Crippen molar-refractivity contribution in [3.8, 4) is 0 Å². The Kier molecular flexibility index (Phi) is 14.3. The van der Waals surface area contributed by atoms with Crippen LogP contribution >= 0.6 is 7.92 Å². The molecule has 0 fully saturated rings. The highest BCUT2D eigenvalue weighted by Gasteiger charge is 2.97. The maximum Gasteiger partial charge on any atom is 0.460 e. The molecule has 61 heavy (non-hydrogen) atoms. The van der Waals surface area contributed by atoms with Gasteiger partial charge in [-0.15, -0.1) is 0 Å². The van der Waals surface area contributed by atoms with E-state index in [1.165, 1.54) is 0 Å². The monoisotopic (exact) mass is 1000 g/mol. The summed E-state index contributed by atoms with van der Waals surface area (Å²) in [5.74, 6) is -120. The molecule has 0 spiro atoms. The molecule has 360 valence electrons. The van der Waals surface area contributed by atoms with Crippen molar-refractivity contribution in [1.29, 1.82) is 0 Å². The molecule has 0 saturated heterocycles. The van der Waals surface area contributed by atoms with Crippen LogP contribution in [0.3, 0.4) is 0 Å². The zero-order valence-corrected chi connectivity index (χ0v) is 28.4. The first-order valence-electron chi connectivity index (χ1n) is 14.4. The minimum absolute atomic E-state index is 0.358. The fourth-order valence-corrected chi connectivity index (χ4v) is 6.70. The molecule has 0 aliphatic rings. The van der Waals surface area contributed by atoms with Crippen molar-refractivity contribution in [1.82, 2.24) is 0 Å². The molecule has 1 rings (SSSR count).